The number of ketones is 1. The third kappa shape index (κ3) is 8.10. The summed E-state index contributed by atoms with van der Waals surface area (Å²) in [5, 5.41) is 58.2. The molecule has 14 heteroatoms. The molecule has 1 amide bonds. The zero-order valence-electron chi connectivity index (χ0n) is 34.7. The second kappa shape index (κ2) is 17.6. The van der Waals surface area contributed by atoms with Gasteiger partial charge in [0.2, 0.25) is 6.29 Å². The second-order valence-corrected chi connectivity index (χ2v) is 16.6. The van der Waals surface area contributed by atoms with E-state index in [1.54, 1.807) is 36.5 Å². The lowest BCUT2D eigenvalue weighted by atomic mass is 9.86. The zero-order chi connectivity index (χ0) is 43.8. The summed E-state index contributed by atoms with van der Waals surface area (Å²) in [5.74, 6) is -0.883. The lowest BCUT2D eigenvalue weighted by Gasteiger charge is -2.48. The smallest absolute Gasteiger partial charge is 0.254 e. The van der Waals surface area contributed by atoms with E-state index >= 15 is 0 Å². The predicted molar refractivity (Wildman–Crippen MR) is 231 cm³/mol. The molecule has 1 saturated heterocycles. The first-order chi connectivity index (χ1) is 30.6. The van der Waals surface area contributed by atoms with E-state index in [9.17, 15) is 35.1 Å². The quantitative estimate of drug-likeness (QED) is 0.0736. The van der Waals surface area contributed by atoms with Gasteiger partial charge in [-0.2, -0.15) is 4.99 Å². The normalized spacial score (nSPS) is 24.2. The lowest BCUT2D eigenvalue weighted by molar-refractivity contribution is -0.337. The molecule has 0 spiro atoms. The van der Waals surface area contributed by atoms with Crippen molar-refractivity contribution in [1.29, 1.82) is 0 Å². The maximum absolute atomic E-state index is 14.5. The van der Waals surface area contributed by atoms with Crippen LogP contribution in [0, 0.1) is 6.42 Å². The topological polar surface area (TPSA) is 197 Å². The number of fused-ring (bicyclic) bond motifs is 3. The van der Waals surface area contributed by atoms with Crippen molar-refractivity contribution in [3.63, 3.8) is 0 Å². The monoisotopic (exact) mass is 857 g/mol. The van der Waals surface area contributed by atoms with E-state index in [2.05, 4.69) is 4.99 Å². The molecule has 5 atom stereocenters. The standard InChI is InChI=1S/C49H48N2O12/c1-59-34-18-31-19-37(29-10-2-3-11-29)43(39(54)23-51-22-30-12-4-5-15-36(30)47(51)57)45(56)42(31)40(20-34)62-48-49(58,27-52)46(61-24-28-9-8-13-33(53)17-28)44(55)41(63-48)26-60-25-32-21-50-38-16-7-6-14-35(32)38/h4-9,12-21,29,41,44,46,48,52,55,58H,2-3,10-11,22-27H2,1H3,(H-,53,54,56)/p+1. The number of carbonyl (C=O) groups excluding carboxylic acids is 2. The Bertz CT molecular complexity index is 2560. The van der Waals surface area contributed by atoms with Gasteiger partial charge < -0.3 is 54.1 Å². The maximum atomic E-state index is 14.5. The molecule has 5 N–H and O–H groups in total. The number of aliphatic hydroxyl groups is 3. The Morgan fingerprint density at radius 2 is 1.87 bits per heavy atom. The van der Waals surface area contributed by atoms with E-state index in [1.807, 2.05) is 42.8 Å². The van der Waals surface area contributed by atoms with Crippen molar-refractivity contribution in [2.24, 2.45) is 4.99 Å². The third-order valence-corrected chi connectivity index (χ3v) is 12.6. The SMILES string of the molecule is COc1cc(OC2OC(COCC3=C4[CH+]C=CC=C4N=C3)C(O)C(OCc3cccc(O)c3)C2(O)CO)c2c(O)c(C(=O)CN3Cc4ccccc4C3=O)c(C3CCCC3)cc2c1. The first-order valence-electron chi connectivity index (χ1n) is 21.1. The summed E-state index contributed by atoms with van der Waals surface area (Å²) in [4.78, 5) is 33.8. The Labute approximate surface area is 363 Å². The average Bonchev–Trinajstić information content (AvgIpc) is 4.05. The Hall–Kier alpha value is -6.00. The maximum Gasteiger partial charge on any atom is 0.254 e. The molecule has 2 fully saturated rings. The van der Waals surface area contributed by atoms with Crippen molar-refractivity contribution in [3.8, 4) is 23.0 Å². The van der Waals surface area contributed by atoms with Gasteiger partial charge in [-0.05, 0) is 71.2 Å². The molecule has 5 aliphatic rings. The number of phenols is 2. The number of methoxy groups -OCH3 is 1. The van der Waals surface area contributed by atoms with Gasteiger partial charge in [0.25, 0.3) is 5.91 Å². The summed E-state index contributed by atoms with van der Waals surface area (Å²) in [6.07, 6.45) is 6.76. The van der Waals surface area contributed by atoms with Crippen molar-refractivity contribution >= 4 is 28.7 Å². The van der Waals surface area contributed by atoms with Crippen LogP contribution >= 0.6 is 0 Å². The second-order valence-electron chi connectivity index (χ2n) is 16.6. The number of aliphatic hydroxyl groups excluding tert-OH is 2. The molecule has 3 aliphatic heterocycles. The average molecular weight is 858 g/mol. The van der Waals surface area contributed by atoms with Crippen molar-refractivity contribution < 1.29 is 58.8 Å². The van der Waals surface area contributed by atoms with E-state index < -0.39 is 42.6 Å². The molecule has 0 aromatic heterocycles. The molecule has 4 aromatic rings. The van der Waals surface area contributed by atoms with E-state index in [0.29, 0.717) is 27.8 Å². The van der Waals surface area contributed by atoms with Crippen LogP contribution in [0.1, 0.15) is 69.0 Å². The molecule has 14 nitrogen and oxygen atoms in total. The van der Waals surface area contributed by atoms with Gasteiger partial charge in [-0.3, -0.25) is 9.59 Å². The number of carbonyl (C=O) groups is 2. The minimum absolute atomic E-state index is 0.0150. The van der Waals surface area contributed by atoms with Gasteiger partial charge in [-0.15, -0.1) is 0 Å². The van der Waals surface area contributed by atoms with E-state index in [0.717, 1.165) is 48.1 Å². The predicted octanol–water partition coefficient (Wildman–Crippen LogP) is 5.58. The number of hydrogen-bond acceptors (Lipinski definition) is 13. The lowest BCUT2D eigenvalue weighted by Crippen LogP contribution is -2.70. The fourth-order valence-corrected chi connectivity index (χ4v) is 9.32. The number of aliphatic imine (C=N–C) groups is 1. The van der Waals surface area contributed by atoms with Gasteiger partial charge in [-0.1, -0.05) is 43.2 Å². The van der Waals surface area contributed by atoms with Gasteiger partial charge >= 0.3 is 0 Å². The Morgan fingerprint density at radius 1 is 1.05 bits per heavy atom. The van der Waals surface area contributed by atoms with Crippen LogP contribution in [0.4, 0.5) is 0 Å². The largest absolute Gasteiger partial charge is 0.508 e. The van der Waals surface area contributed by atoms with Gasteiger partial charge in [-0.25, -0.2) is 0 Å². The first kappa shape index (κ1) is 42.3. The highest BCUT2D eigenvalue weighted by atomic mass is 16.7. The molecule has 326 valence electrons. The van der Waals surface area contributed by atoms with Crippen LogP contribution in [0.25, 0.3) is 10.8 Å². The highest BCUT2D eigenvalue weighted by molar-refractivity contribution is 6.11. The summed E-state index contributed by atoms with van der Waals surface area (Å²) in [5.41, 5.74) is 2.67. The molecule has 3 heterocycles. The number of hydrogen-bond donors (Lipinski definition) is 5. The molecule has 1 saturated carbocycles. The zero-order valence-corrected chi connectivity index (χ0v) is 34.7. The summed E-state index contributed by atoms with van der Waals surface area (Å²) >= 11 is 0. The molecular formula is C49H49N2O12+. The molecule has 63 heavy (non-hydrogen) atoms. The fourth-order valence-electron chi connectivity index (χ4n) is 9.32. The summed E-state index contributed by atoms with van der Waals surface area (Å²) < 4.78 is 30.8. The van der Waals surface area contributed by atoms with Crippen molar-refractivity contribution in [1.82, 2.24) is 4.90 Å². The highest BCUT2D eigenvalue weighted by Crippen LogP contribution is 2.47. The summed E-state index contributed by atoms with van der Waals surface area (Å²) in [6, 6.07) is 18.5. The Morgan fingerprint density at radius 3 is 2.65 bits per heavy atom. The number of ether oxygens (including phenoxy) is 5. The number of allylic oxidation sites excluding steroid dienone is 4. The van der Waals surface area contributed by atoms with Crippen LogP contribution in [0.5, 0.6) is 23.0 Å². The molecule has 2 aliphatic carbocycles. The molecule has 5 unspecified atom stereocenters. The number of phenolic OH excluding ortho intramolecular Hbond substituents is 2. The van der Waals surface area contributed by atoms with Crippen molar-refractivity contribution in [2.45, 2.75) is 75.0 Å². The van der Waals surface area contributed by atoms with Gasteiger partial charge in [0.05, 0.1) is 56.2 Å². The molecule has 9 rings (SSSR count). The first-order valence-corrected chi connectivity index (χ1v) is 21.1. The van der Waals surface area contributed by atoms with Crippen LogP contribution < -0.4 is 9.47 Å². The molecule has 4 aromatic carbocycles. The Balaban J connectivity index is 1.07. The van der Waals surface area contributed by atoms with Crippen LogP contribution in [0.2, 0.25) is 0 Å². The molecule has 0 radical (unpaired) electrons. The number of Topliss-reactive ketones (excluding diaryl/α,β-unsaturated/α-hetero) is 1. The summed E-state index contributed by atoms with van der Waals surface area (Å²) in [7, 11) is 1.47. The van der Waals surface area contributed by atoms with Crippen LogP contribution in [-0.4, -0.2) is 112 Å². The number of rotatable bonds is 15. The van der Waals surface area contributed by atoms with Crippen LogP contribution in [0.3, 0.4) is 0 Å². The third-order valence-electron chi connectivity index (χ3n) is 12.6. The minimum Gasteiger partial charge on any atom is -0.508 e. The number of benzene rings is 4. The van der Waals surface area contributed by atoms with Crippen LogP contribution in [-0.2, 0) is 27.4 Å². The van der Waals surface area contributed by atoms with Gasteiger partial charge in [0.1, 0.15) is 53.5 Å². The number of amides is 1. The fraction of sp³-hybridized carbons (Fsp3) is 0.347. The molecular weight excluding hydrogens is 809 g/mol. The Kier molecular flexibility index (Phi) is 11.8. The van der Waals surface area contributed by atoms with Crippen molar-refractivity contribution in [3.05, 3.63) is 136 Å². The summed E-state index contributed by atoms with van der Waals surface area (Å²) in [6.45, 7) is -1.31. The van der Waals surface area contributed by atoms with E-state index in [4.69, 9.17) is 23.7 Å². The minimum atomic E-state index is -2.43. The van der Waals surface area contributed by atoms with Gasteiger partial charge in [0, 0.05) is 42.8 Å². The highest BCUT2D eigenvalue weighted by Gasteiger charge is 2.58. The number of nitrogens with zero attached hydrogens (tertiary/aromatic N) is 2. The van der Waals surface area contributed by atoms with Crippen molar-refractivity contribution in [2.75, 3.05) is 33.5 Å². The van der Waals surface area contributed by atoms with Crippen LogP contribution in [0.15, 0.2) is 107 Å². The van der Waals surface area contributed by atoms with E-state index in [-0.39, 0.29) is 72.9 Å². The molecule has 0 bridgehead atoms. The van der Waals surface area contributed by atoms with Gasteiger partial charge in [0.15, 0.2) is 17.1 Å². The number of aromatic hydroxyl groups is 2. The van der Waals surface area contributed by atoms with E-state index in [1.165, 1.54) is 30.2 Å².